The van der Waals surface area contributed by atoms with Crippen molar-refractivity contribution < 1.29 is 18.3 Å². The molecule has 0 atom stereocenters. The average molecular weight is 424 g/mol. The summed E-state index contributed by atoms with van der Waals surface area (Å²) in [5, 5.41) is 9.72. The summed E-state index contributed by atoms with van der Waals surface area (Å²) in [6, 6.07) is 7.35. The zero-order chi connectivity index (χ0) is 20.1. The van der Waals surface area contributed by atoms with Crippen molar-refractivity contribution in [3.8, 4) is 0 Å². The summed E-state index contributed by atoms with van der Waals surface area (Å²) in [5.74, 6) is -0.779. The highest BCUT2D eigenvalue weighted by Crippen LogP contribution is 2.27. The molecule has 0 unspecified atom stereocenters. The summed E-state index contributed by atoms with van der Waals surface area (Å²) in [5.41, 5.74) is 0.0491. The largest absolute Gasteiger partial charge is 0.478 e. The predicted molar refractivity (Wildman–Crippen MR) is 109 cm³/mol. The molecule has 3 rings (SSSR count). The third-order valence-corrected chi connectivity index (χ3v) is 6.51. The van der Waals surface area contributed by atoms with Crippen molar-refractivity contribution in [1.29, 1.82) is 0 Å². The first kappa shape index (κ1) is 20.4. The van der Waals surface area contributed by atoms with Crippen LogP contribution in [0, 0.1) is 0 Å². The molecule has 1 aromatic heterocycles. The average Bonchev–Trinajstić information content (AvgIpc) is 2.61. The minimum atomic E-state index is -3.96. The molecular weight excluding hydrogens is 402 g/mol. The van der Waals surface area contributed by atoms with Crippen molar-refractivity contribution in [2.45, 2.75) is 37.0 Å². The molecule has 9 heteroatoms. The third-order valence-electron chi connectivity index (χ3n) is 4.63. The van der Waals surface area contributed by atoms with Crippen LogP contribution in [0.1, 0.15) is 42.5 Å². The fourth-order valence-electron chi connectivity index (χ4n) is 3.25. The number of hydrogen-bond donors (Lipinski definition) is 2. The lowest BCUT2D eigenvalue weighted by Gasteiger charge is -2.27. The van der Waals surface area contributed by atoms with Gasteiger partial charge in [-0.15, -0.1) is 0 Å². The summed E-state index contributed by atoms with van der Waals surface area (Å²) < 4.78 is 27.6. The number of nitrogens with one attached hydrogen (secondary N) is 1. The zero-order valence-corrected chi connectivity index (χ0v) is 16.8. The Morgan fingerprint density at radius 1 is 1.11 bits per heavy atom. The highest BCUT2D eigenvalue weighted by atomic mass is 35.5. The fourth-order valence-corrected chi connectivity index (χ4v) is 4.81. The molecule has 2 aromatic rings. The van der Waals surface area contributed by atoms with Crippen molar-refractivity contribution in [3.05, 3.63) is 47.1 Å². The number of rotatable bonds is 5. The molecule has 2 N–H and O–H groups in total. The van der Waals surface area contributed by atoms with Crippen molar-refractivity contribution in [2.75, 3.05) is 22.7 Å². The lowest BCUT2D eigenvalue weighted by Crippen LogP contribution is -2.29. The van der Waals surface area contributed by atoms with Crippen LogP contribution >= 0.6 is 11.6 Å². The van der Waals surface area contributed by atoms with Gasteiger partial charge in [-0.1, -0.05) is 43.0 Å². The van der Waals surface area contributed by atoms with Crippen LogP contribution in [0.5, 0.6) is 0 Å². The first-order valence-electron chi connectivity index (χ1n) is 9.14. The van der Waals surface area contributed by atoms with Crippen LogP contribution in [-0.2, 0) is 10.0 Å². The van der Waals surface area contributed by atoms with Gasteiger partial charge in [0.25, 0.3) is 10.0 Å². The maximum Gasteiger partial charge on any atom is 0.339 e. The number of halogens is 1. The van der Waals surface area contributed by atoms with Crippen LogP contribution in [-0.4, -0.2) is 37.6 Å². The van der Waals surface area contributed by atoms with Gasteiger partial charge in [-0.25, -0.2) is 18.2 Å². The van der Waals surface area contributed by atoms with Gasteiger partial charge in [-0.3, -0.25) is 4.72 Å². The molecule has 0 aliphatic carbocycles. The van der Waals surface area contributed by atoms with E-state index in [1.165, 1.54) is 30.8 Å². The molecule has 1 aliphatic heterocycles. The summed E-state index contributed by atoms with van der Waals surface area (Å²) in [7, 11) is -3.96. The lowest BCUT2D eigenvalue weighted by molar-refractivity contribution is 0.0697. The number of benzene rings is 1. The van der Waals surface area contributed by atoms with E-state index in [4.69, 9.17) is 11.6 Å². The fraction of sp³-hybridized carbons (Fsp3) is 0.368. The van der Waals surface area contributed by atoms with Gasteiger partial charge >= 0.3 is 5.97 Å². The van der Waals surface area contributed by atoms with Gasteiger partial charge in [-0.05, 0) is 31.0 Å². The zero-order valence-electron chi connectivity index (χ0n) is 15.3. The van der Waals surface area contributed by atoms with E-state index >= 15 is 0 Å². The van der Waals surface area contributed by atoms with Crippen molar-refractivity contribution in [2.24, 2.45) is 0 Å². The third kappa shape index (κ3) is 4.74. The Morgan fingerprint density at radius 2 is 1.75 bits per heavy atom. The summed E-state index contributed by atoms with van der Waals surface area (Å²) in [4.78, 5) is 18.0. The molecule has 0 saturated carbocycles. The Morgan fingerprint density at radius 3 is 2.39 bits per heavy atom. The van der Waals surface area contributed by atoms with E-state index in [-0.39, 0.29) is 21.2 Å². The topological polar surface area (TPSA) is 99.6 Å². The highest BCUT2D eigenvalue weighted by Gasteiger charge is 2.22. The smallest absolute Gasteiger partial charge is 0.339 e. The van der Waals surface area contributed by atoms with Crippen LogP contribution in [0.15, 0.2) is 41.4 Å². The van der Waals surface area contributed by atoms with Gasteiger partial charge < -0.3 is 10.0 Å². The van der Waals surface area contributed by atoms with E-state index in [1.54, 1.807) is 12.1 Å². The summed E-state index contributed by atoms with van der Waals surface area (Å²) in [6.07, 6.45) is 6.69. The molecule has 1 fully saturated rings. The second kappa shape index (κ2) is 8.79. The minimum Gasteiger partial charge on any atom is -0.478 e. The van der Waals surface area contributed by atoms with E-state index in [1.807, 2.05) is 4.90 Å². The molecule has 1 aliphatic rings. The molecule has 0 radical (unpaired) electrons. The number of anilines is 2. The second-order valence-electron chi connectivity index (χ2n) is 6.69. The Bertz CT molecular complexity index is 957. The number of carboxylic acids is 1. The standard InChI is InChI=1S/C19H22ClN3O4S/c20-16-8-4-5-9-17(16)28(26,27)22-14-12-15(19(24)25)18(21-13-14)23-10-6-2-1-3-7-11-23/h4-5,8-9,12-13,22H,1-3,6-7,10-11H2,(H,24,25). The maximum atomic E-state index is 12.6. The number of aromatic nitrogens is 1. The van der Waals surface area contributed by atoms with Crippen molar-refractivity contribution >= 4 is 39.1 Å². The van der Waals surface area contributed by atoms with E-state index in [9.17, 15) is 18.3 Å². The molecule has 150 valence electrons. The first-order valence-corrected chi connectivity index (χ1v) is 11.0. The first-order chi connectivity index (χ1) is 13.4. The molecular formula is C19H22ClN3O4S. The number of carboxylic acid groups (broad SMARTS) is 1. The molecule has 0 spiro atoms. The highest BCUT2D eigenvalue weighted by molar-refractivity contribution is 7.92. The van der Waals surface area contributed by atoms with Gasteiger partial charge in [-0.2, -0.15) is 0 Å². The van der Waals surface area contributed by atoms with Crippen LogP contribution in [0.25, 0.3) is 0 Å². The second-order valence-corrected chi connectivity index (χ2v) is 8.75. The molecule has 1 aromatic carbocycles. The predicted octanol–water partition coefficient (Wildman–Crippen LogP) is 4.00. The van der Waals surface area contributed by atoms with E-state index in [0.29, 0.717) is 5.82 Å². The van der Waals surface area contributed by atoms with Gasteiger partial charge in [0.05, 0.1) is 16.9 Å². The summed E-state index contributed by atoms with van der Waals surface area (Å²) >= 11 is 5.98. The van der Waals surface area contributed by atoms with Crippen LogP contribution in [0.4, 0.5) is 11.5 Å². The maximum absolute atomic E-state index is 12.6. The van der Waals surface area contributed by atoms with Crippen LogP contribution in [0.2, 0.25) is 5.02 Å². The minimum absolute atomic E-state index is 0.0278. The number of nitrogens with zero attached hydrogens (tertiary/aromatic N) is 2. The Labute approximate surface area is 169 Å². The monoisotopic (exact) mass is 423 g/mol. The van der Waals surface area contributed by atoms with E-state index in [2.05, 4.69) is 9.71 Å². The van der Waals surface area contributed by atoms with Gasteiger partial charge in [0.2, 0.25) is 0 Å². The molecule has 28 heavy (non-hydrogen) atoms. The van der Waals surface area contributed by atoms with Crippen molar-refractivity contribution in [1.82, 2.24) is 4.98 Å². The molecule has 1 saturated heterocycles. The van der Waals surface area contributed by atoms with Gasteiger partial charge in [0, 0.05) is 13.1 Å². The van der Waals surface area contributed by atoms with Crippen molar-refractivity contribution in [3.63, 3.8) is 0 Å². The van der Waals surface area contributed by atoms with Crippen LogP contribution in [0.3, 0.4) is 0 Å². The molecule has 7 nitrogen and oxygen atoms in total. The summed E-state index contributed by atoms with van der Waals surface area (Å²) in [6.45, 7) is 1.47. The quantitative estimate of drug-likeness (QED) is 0.753. The Balaban J connectivity index is 1.90. The van der Waals surface area contributed by atoms with Gasteiger partial charge in [0.15, 0.2) is 0 Å². The normalized spacial score (nSPS) is 15.5. The number of pyridine rings is 1. The number of carbonyl (C=O) groups is 1. The SMILES string of the molecule is O=C(O)c1cc(NS(=O)(=O)c2ccccc2Cl)cnc1N1CCCCCCC1. The lowest BCUT2D eigenvalue weighted by atomic mass is 10.1. The Hall–Kier alpha value is -2.32. The molecule has 2 heterocycles. The van der Waals surface area contributed by atoms with E-state index < -0.39 is 16.0 Å². The molecule has 0 amide bonds. The number of aromatic carboxylic acids is 1. The molecule has 0 bridgehead atoms. The number of sulfonamides is 1. The van der Waals surface area contributed by atoms with E-state index in [0.717, 1.165) is 38.8 Å². The number of hydrogen-bond acceptors (Lipinski definition) is 5. The Kier molecular flexibility index (Phi) is 6.41. The van der Waals surface area contributed by atoms with Crippen LogP contribution < -0.4 is 9.62 Å². The van der Waals surface area contributed by atoms with Gasteiger partial charge in [0.1, 0.15) is 16.3 Å².